The van der Waals surface area contributed by atoms with Gasteiger partial charge in [0.05, 0.1) is 5.39 Å². The van der Waals surface area contributed by atoms with E-state index in [0.29, 0.717) is 10.2 Å². The SMILES string of the molecule is NC(=O)n1c(CCC(=O)[O-])nc2sc3c(c2c1=O)CCC3. The molecule has 0 atom stereocenters. The maximum absolute atomic E-state index is 12.5. The number of fused-ring (bicyclic) bond motifs is 3. The summed E-state index contributed by atoms with van der Waals surface area (Å²) in [5.41, 5.74) is 5.70. The number of aromatic nitrogens is 2. The van der Waals surface area contributed by atoms with Crippen LogP contribution in [0.5, 0.6) is 0 Å². The Kier molecular flexibility index (Phi) is 3.25. The lowest BCUT2D eigenvalue weighted by Gasteiger charge is -2.09. The van der Waals surface area contributed by atoms with Gasteiger partial charge in [-0.25, -0.2) is 14.3 Å². The van der Waals surface area contributed by atoms with Crippen molar-refractivity contribution in [2.24, 2.45) is 5.73 Å². The zero-order valence-corrected chi connectivity index (χ0v) is 11.9. The van der Waals surface area contributed by atoms with Crippen molar-refractivity contribution in [3.63, 3.8) is 0 Å². The van der Waals surface area contributed by atoms with E-state index in [0.717, 1.165) is 34.3 Å². The van der Waals surface area contributed by atoms with Crippen LogP contribution in [0.1, 0.15) is 29.1 Å². The number of carboxylic acid groups (broad SMARTS) is 1. The van der Waals surface area contributed by atoms with Crippen LogP contribution in [0.2, 0.25) is 0 Å². The van der Waals surface area contributed by atoms with Crippen LogP contribution in [-0.4, -0.2) is 21.6 Å². The minimum absolute atomic E-state index is 0.0704. The van der Waals surface area contributed by atoms with Crippen LogP contribution in [-0.2, 0) is 24.1 Å². The van der Waals surface area contributed by atoms with Crippen molar-refractivity contribution in [1.29, 1.82) is 0 Å². The zero-order chi connectivity index (χ0) is 15.1. The summed E-state index contributed by atoms with van der Waals surface area (Å²) in [7, 11) is 0. The van der Waals surface area contributed by atoms with Gasteiger partial charge in [0, 0.05) is 17.3 Å². The molecule has 2 aromatic rings. The van der Waals surface area contributed by atoms with Gasteiger partial charge in [-0.05, 0) is 31.2 Å². The number of rotatable bonds is 3. The molecule has 2 heterocycles. The topological polar surface area (TPSA) is 118 Å². The Hall–Kier alpha value is -2.22. The molecule has 0 radical (unpaired) electrons. The summed E-state index contributed by atoms with van der Waals surface area (Å²) < 4.78 is 0.774. The van der Waals surface area contributed by atoms with Crippen molar-refractivity contribution >= 4 is 33.6 Å². The quantitative estimate of drug-likeness (QED) is 0.824. The molecule has 0 aliphatic heterocycles. The van der Waals surface area contributed by atoms with E-state index in [4.69, 9.17) is 5.73 Å². The van der Waals surface area contributed by atoms with E-state index >= 15 is 0 Å². The first kappa shape index (κ1) is 13.7. The summed E-state index contributed by atoms with van der Waals surface area (Å²) in [5, 5.41) is 11.0. The third kappa shape index (κ3) is 2.21. The van der Waals surface area contributed by atoms with Gasteiger partial charge in [0.1, 0.15) is 10.7 Å². The number of thiophene rings is 1. The van der Waals surface area contributed by atoms with E-state index in [1.807, 2.05) is 0 Å². The predicted molar refractivity (Wildman–Crippen MR) is 74.2 cm³/mol. The van der Waals surface area contributed by atoms with Crippen molar-refractivity contribution in [3.8, 4) is 0 Å². The molecule has 0 saturated heterocycles. The number of nitrogens with two attached hydrogens (primary N) is 1. The summed E-state index contributed by atoms with van der Waals surface area (Å²) in [5.74, 6) is -1.20. The van der Waals surface area contributed by atoms with Crippen LogP contribution in [0.25, 0.3) is 10.2 Å². The van der Waals surface area contributed by atoms with Gasteiger partial charge in [-0.15, -0.1) is 11.3 Å². The fraction of sp³-hybridized carbons (Fsp3) is 0.385. The number of carbonyl (C=O) groups is 2. The summed E-state index contributed by atoms with van der Waals surface area (Å²) >= 11 is 1.43. The average molecular weight is 306 g/mol. The van der Waals surface area contributed by atoms with E-state index < -0.39 is 17.6 Å². The second kappa shape index (κ2) is 4.96. The van der Waals surface area contributed by atoms with Gasteiger partial charge >= 0.3 is 6.03 Å². The summed E-state index contributed by atoms with van der Waals surface area (Å²) in [4.78, 5) is 40.6. The summed E-state index contributed by atoms with van der Waals surface area (Å²) in [6.07, 6.45) is 2.29. The maximum atomic E-state index is 12.5. The van der Waals surface area contributed by atoms with Gasteiger partial charge in [-0.1, -0.05) is 0 Å². The van der Waals surface area contributed by atoms with Gasteiger partial charge in [0.25, 0.3) is 5.56 Å². The number of aryl methyl sites for hydroxylation is 3. The van der Waals surface area contributed by atoms with Gasteiger partial charge < -0.3 is 15.6 Å². The Morgan fingerprint density at radius 3 is 2.81 bits per heavy atom. The fourth-order valence-corrected chi connectivity index (χ4v) is 3.96. The number of carbonyl (C=O) groups excluding carboxylic acids is 2. The lowest BCUT2D eigenvalue weighted by atomic mass is 10.2. The highest BCUT2D eigenvalue weighted by Gasteiger charge is 2.24. The third-order valence-corrected chi connectivity index (χ3v) is 4.77. The van der Waals surface area contributed by atoms with Crippen molar-refractivity contribution in [3.05, 3.63) is 26.6 Å². The van der Waals surface area contributed by atoms with Gasteiger partial charge in [0.15, 0.2) is 0 Å². The van der Waals surface area contributed by atoms with Crippen LogP contribution in [0.4, 0.5) is 4.79 Å². The molecule has 1 aliphatic rings. The Balaban J connectivity index is 2.23. The monoisotopic (exact) mass is 306 g/mol. The van der Waals surface area contributed by atoms with E-state index in [-0.39, 0.29) is 18.7 Å². The molecule has 110 valence electrons. The molecule has 0 fully saturated rings. The average Bonchev–Trinajstić information content (AvgIpc) is 2.95. The Morgan fingerprint density at radius 1 is 1.38 bits per heavy atom. The zero-order valence-electron chi connectivity index (χ0n) is 11.0. The Morgan fingerprint density at radius 2 is 2.14 bits per heavy atom. The second-order valence-corrected chi connectivity index (χ2v) is 6.00. The molecule has 0 aromatic carbocycles. The molecule has 8 heteroatoms. The molecule has 1 aliphatic carbocycles. The standard InChI is InChI=1S/C13H13N3O4S/c14-13(20)16-8(4-5-9(17)18)15-11-10(12(16)19)6-2-1-3-7(6)21-11/h1-5H2,(H2,14,20)(H,17,18)/p-1. The lowest BCUT2D eigenvalue weighted by Crippen LogP contribution is -2.36. The largest absolute Gasteiger partial charge is 0.550 e. The molecule has 0 spiro atoms. The smallest absolute Gasteiger partial charge is 0.327 e. The first-order valence-electron chi connectivity index (χ1n) is 6.55. The molecular weight excluding hydrogens is 294 g/mol. The van der Waals surface area contributed by atoms with Crippen LogP contribution >= 0.6 is 11.3 Å². The Labute approximate surface area is 123 Å². The summed E-state index contributed by atoms with van der Waals surface area (Å²) in [6.45, 7) is 0. The third-order valence-electron chi connectivity index (χ3n) is 3.58. The number of aliphatic carboxylic acids is 1. The molecule has 7 nitrogen and oxygen atoms in total. The Bertz CT molecular complexity index is 821. The molecule has 1 amide bonds. The number of nitrogens with zero attached hydrogens (tertiary/aromatic N) is 2. The van der Waals surface area contributed by atoms with E-state index in [2.05, 4.69) is 4.98 Å². The molecule has 2 N–H and O–H groups in total. The highest BCUT2D eigenvalue weighted by atomic mass is 32.1. The molecule has 0 saturated carbocycles. The maximum Gasteiger partial charge on any atom is 0.327 e. The van der Waals surface area contributed by atoms with Crippen molar-refractivity contribution < 1.29 is 14.7 Å². The van der Waals surface area contributed by atoms with Gasteiger partial charge in [-0.3, -0.25) is 4.79 Å². The van der Waals surface area contributed by atoms with E-state index in [9.17, 15) is 19.5 Å². The molecule has 0 unspecified atom stereocenters. The molecule has 3 rings (SSSR count). The molecule has 21 heavy (non-hydrogen) atoms. The second-order valence-electron chi connectivity index (χ2n) is 4.92. The van der Waals surface area contributed by atoms with E-state index in [1.165, 1.54) is 11.3 Å². The van der Waals surface area contributed by atoms with Gasteiger partial charge in [-0.2, -0.15) is 0 Å². The van der Waals surface area contributed by atoms with Crippen LogP contribution in [0, 0.1) is 0 Å². The van der Waals surface area contributed by atoms with Crippen molar-refractivity contribution in [1.82, 2.24) is 9.55 Å². The van der Waals surface area contributed by atoms with Gasteiger partial charge in [0.2, 0.25) is 0 Å². The molecule has 2 aromatic heterocycles. The number of primary amides is 1. The van der Waals surface area contributed by atoms with Crippen LogP contribution in [0.15, 0.2) is 4.79 Å². The number of carboxylic acids is 1. The number of hydrogen-bond acceptors (Lipinski definition) is 6. The number of amides is 1. The first-order valence-corrected chi connectivity index (χ1v) is 7.36. The van der Waals surface area contributed by atoms with Crippen molar-refractivity contribution in [2.45, 2.75) is 32.1 Å². The number of hydrogen-bond donors (Lipinski definition) is 1. The minimum Gasteiger partial charge on any atom is -0.550 e. The lowest BCUT2D eigenvalue weighted by molar-refractivity contribution is -0.305. The minimum atomic E-state index is -1.27. The first-order chi connectivity index (χ1) is 9.99. The molecular formula is C13H12N3O4S-. The normalized spacial score (nSPS) is 13.5. The molecule has 0 bridgehead atoms. The van der Waals surface area contributed by atoms with Crippen LogP contribution < -0.4 is 16.4 Å². The predicted octanol–water partition coefficient (Wildman–Crippen LogP) is -0.444. The van der Waals surface area contributed by atoms with Crippen molar-refractivity contribution in [2.75, 3.05) is 0 Å². The highest BCUT2D eigenvalue weighted by molar-refractivity contribution is 7.18. The highest BCUT2D eigenvalue weighted by Crippen LogP contribution is 2.34. The van der Waals surface area contributed by atoms with E-state index in [1.54, 1.807) is 0 Å². The fourth-order valence-electron chi connectivity index (χ4n) is 2.69. The summed E-state index contributed by atoms with van der Waals surface area (Å²) in [6, 6.07) is -0.944. The van der Waals surface area contributed by atoms with Crippen LogP contribution in [0.3, 0.4) is 0 Å².